The van der Waals surface area contributed by atoms with E-state index in [0.717, 1.165) is 11.3 Å². The van der Waals surface area contributed by atoms with Crippen LogP contribution in [0.3, 0.4) is 0 Å². The maximum atomic E-state index is 11.9. The normalized spacial score (nSPS) is 12.4. The highest BCUT2D eigenvalue weighted by Gasteiger charge is 2.10. The van der Waals surface area contributed by atoms with E-state index < -0.39 is 5.91 Å². The predicted molar refractivity (Wildman–Crippen MR) is 83.6 cm³/mol. The molecule has 0 fully saturated rings. The number of hydrogen-bond donors (Lipinski definition) is 2. The molecule has 0 saturated carbocycles. The van der Waals surface area contributed by atoms with Gasteiger partial charge in [0.05, 0.1) is 0 Å². The maximum Gasteiger partial charge on any atom is 0.261 e. The van der Waals surface area contributed by atoms with Gasteiger partial charge in [0.2, 0.25) is 0 Å². The molecule has 1 unspecified atom stereocenters. The Kier molecular flexibility index (Phi) is 6.44. The Morgan fingerprint density at radius 2 is 2.05 bits per heavy atom. The van der Waals surface area contributed by atoms with E-state index in [1.807, 2.05) is 56.3 Å². The zero-order valence-corrected chi connectivity index (χ0v) is 12.6. The van der Waals surface area contributed by atoms with Crippen molar-refractivity contribution in [1.29, 1.82) is 5.26 Å². The van der Waals surface area contributed by atoms with Gasteiger partial charge < -0.3 is 15.3 Å². The van der Waals surface area contributed by atoms with E-state index >= 15 is 0 Å². The van der Waals surface area contributed by atoms with Gasteiger partial charge in [0, 0.05) is 32.9 Å². The number of hydrogen-bond acceptors (Lipinski definition) is 4. The average molecular weight is 287 g/mol. The summed E-state index contributed by atoms with van der Waals surface area (Å²) in [5.74, 6) is -0.456. The van der Waals surface area contributed by atoms with Gasteiger partial charge in [-0.3, -0.25) is 4.79 Å². The number of anilines is 1. The third-order valence-electron chi connectivity index (χ3n) is 3.01. The van der Waals surface area contributed by atoms with Crippen LogP contribution in [-0.2, 0) is 4.79 Å². The minimum absolute atomic E-state index is 0.00210. The molecule has 2 N–H and O–H groups in total. The molecule has 1 atom stereocenters. The summed E-state index contributed by atoms with van der Waals surface area (Å²) in [6.45, 7) is 2.15. The number of nitrogens with zero attached hydrogens (tertiary/aromatic N) is 2. The number of nitriles is 1. The Labute approximate surface area is 125 Å². The largest absolute Gasteiger partial charge is 0.396 e. The molecule has 1 amide bonds. The summed E-state index contributed by atoms with van der Waals surface area (Å²) in [4.78, 5) is 13.9. The first-order chi connectivity index (χ1) is 9.97. The standard InChI is InChI=1S/C16H21N3O2/c1-12(11-20)10-18-16(21)14(9-17)8-13-4-6-15(7-5-13)19(2)3/h4-8,12,20H,10-11H2,1-3H3,(H,18,21). The summed E-state index contributed by atoms with van der Waals surface area (Å²) in [7, 11) is 3.89. The van der Waals surface area contributed by atoms with Gasteiger partial charge in [0.25, 0.3) is 5.91 Å². The first kappa shape index (κ1) is 16.7. The number of nitrogens with one attached hydrogen (secondary N) is 1. The van der Waals surface area contributed by atoms with E-state index in [1.165, 1.54) is 0 Å². The first-order valence-electron chi connectivity index (χ1n) is 6.76. The van der Waals surface area contributed by atoms with E-state index in [1.54, 1.807) is 6.08 Å². The SMILES string of the molecule is CC(CO)CNC(=O)C(C#N)=Cc1ccc(N(C)C)cc1. The summed E-state index contributed by atoms with van der Waals surface area (Å²) in [6, 6.07) is 9.47. The summed E-state index contributed by atoms with van der Waals surface area (Å²) >= 11 is 0. The van der Waals surface area contributed by atoms with Crippen molar-refractivity contribution < 1.29 is 9.90 Å². The van der Waals surface area contributed by atoms with Crippen LogP contribution < -0.4 is 10.2 Å². The first-order valence-corrected chi connectivity index (χ1v) is 6.76. The van der Waals surface area contributed by atoms with E-state index in [9.17, 15) is 4.79 Å². The van der Waals surface area contributed by atoms with Crippen LogP contribution >= 0.6 is 0 Å². The zero-order valence-electron chi connectivity index (χ0n) is 12.6. The number of amides is 1. The van der Waals surface area contributed by atoms with Crippen LogP contribution in [0.15, 0.2) is 29.8 Å². The Morgan fingerprint density at radius 1 is 1.43 bits per heavy atom. The number of aliphatic hydroxyl groups is 1. The second kappa shape index (κ2) is 8.08. The van der Waals surface area contributed by atoms with Gasteiger partial charge in [-0.1, -0.05) is 19.1 Å². The van der Waals surface area contributed by atoms with Crippen LogP contribution in [0.4, 0.5) is 5.69 Å². The quantitative estimate of drug-likeness (QED) is 0.612. The molecule has 0 spiro atoms. The van der Waals surface area contributed by atoms with Crippen molar-refractivity contribution in [3.05, 3.63) is 35.4 Å². The van der Waals surface area contributed by atoms with Gasteiger partial charge in [-0.2, -0.15) is 5.26 Å². The van der Waals surface area contributed by atoms with Gasteiger partial charge in [-0.05, 0) is 29.7 Å². The summed E-state index contributed by atoms with van der Waals surface area (Å²) in [5.41, 5.74) is 1.90. The minimum atomic E-state index is -0.422. The van der Waals surface area contributed by atoms with Gasteiger partial charge in [-0.15, -0.1) is 0 Å². The fraction of sp³-hybridized carbons (Fsp3) is 0.375. The fourth-order valence-corrected chi connectivity index (χ4v) is 1.61. The van der Waals surface area contributed by atoms with Crippen molar-refractivity contribution in [2.24, 2.45) is 5.92 Å². The van der Waals surface area contributed by atoms with Crippen LogP contribution in [0.1, 0.15) is 12.5 Å². The molecule has 0 heterocycles. The average Bonchev–Trinajstić information content (AvgIpc) is 2.50. The number of rotatable bonds is 6. The maximum absolute atomic E-state index is 11.9. The number of carbonyl (C=O) groups is 1. The molecular formula is C16H21N3O2. The lowest BCUT2D eigenvalue weighted by Gasteiger charge is -2.12. The summed E-state index contributed by atoms with van der Waals surface area (Å²) in [5, 5.41) is 20.6. The highest BCUT2D eigenvalue weighted by Crippen LogP contribution is 2.14. The molecule has 0 saturated heterocycles. The highest BCUT2D eigenvalue weighted by atomic mass is 16.3. The van der Waals surface area contributed by atoms with Gasteiger partial charge in [-0.25, -0.2) is 0 Å². The second-order valence-corrected chi connectivity index (χ2v) is 5.15. The summed E-state index contributed by atoms with van der Waals surface area (Å²) < 4.78 is 0. The van der Waals surface area contributed by atoms with E-state index in [0.29, 0.717) is 6.54 Å². The molecule has 5 heteroatoms. The van der Waals surface area contributed by atoms with Crippen LogP contribution in [0, 0.1) is 17.2 Å². The molecule has 0 aromatic heterocycles. The van der Waals surface area contributed by atoms with Crippen molar-refractivity contribution in [3.63, 3.8) is 0 Å². The molecule has 112 valence electrons. The topological polar surface area (TPSA) is 76.4 Å². The zero-order chi connectivity index (χ0) is 15.8. The number of aliphatic hydroxyl groups excluding tert-OH is 1. The van der Waals surface area contributed by atoms with Crippen molar-refractivity contribution >= 4 is 17.7 Å². The van der Waals surface area contributed by atoms with E-state index in [2.05, 4.69) is 5.32 Å². The number of carbonyl (C=O) groups excluding carboxylic acids is 1. The molecule has 1 aromatic carbocycles. The lowest BCUT2D eigenvalue weighted by Crippen LogP contribution is -2.30. The lowest BCUT2D eigenvalue weighted by molar-refractivity contribution is -0.117. The lowest BCUT2D eigenvalue weighted by atomic mass is 10.1. The smallest absolute Gasteiger partial charge is 0.261 e. The van der Waals surface area contributed by atoms with Crippen LogP contribution in [0.25, 0.3) is 6.08 Å². The van der Waals surface area contributed by atoms with Gasteiger partial charge in [0.1, 0.15) is 11.6 Å². The molecule has 5 nitrogen and oxygen atoms in total. The molecule has 0 aliphatic rings. The van der Waals surface area contributed by atoms with Crippen LogP contribution in [0.5, 0.6) is 0 Å². The Hall–Kier alpha value is -2.32. The molecule has 0 aliphatic carbocycles. The monoisotopic (exact) mass is 287 g/mol. The van der Waals surface area contributed by atoms with Crippen molar-refractivity contribution in [3.8, 4) is 6.07 Å². The fourth-order valence-electron chi connectivity index (χ4n) is 1.61. The van der Waals surface area contributed by atoms with Crippen molar-refractivity contribution in [2.45, 2.75) is 6.92 Å². The predicted octanol–water partition coefficient (Wildman–Crippen LogP) is 1.40. The molecular weight excluding hydrogens is 266 g/mol. The van der Waals surface area contributed by atoms with Crippen molar-refractivity contribution in [1.82, 2.24) is 5.32 Å². The molecule has 0 aliphatic heterocycles. The van der Waals surface area contributed by atoms with Gasteiger partial charge >= 0.3 is 0 Å². The van der Waals surface area contributed by atoms with Crippen LogP contribution in [-0.4, -0.2) is 38.3 Å². The molecule has 21 heavy (non-hydrogen) atoms. The van der Waals surface area contributed by atoms with Gasteiger partial charge in [0.15, 0.2) is 0 Å². The Morgan fingerprint density at radius 3 is 2.52 bits per heavy atom. The van der Waals surface area contributed by atoms with E-state index in [4.69, 9.17) is 10.4 Å². The Balaban J connectivity index is 2.79. The molecule has 0 bridgehead atoms. The number of benzene rings is 1. The second-order valence-electron chi connectivity index (χ2n) is 5.15. The third kappa shape index (κ3) is 5.28. The van der Waals surface area contributed by atoms with E-state index in [-0.39, 0.29) is 18.1 Å². The van der Waals surface area contributed by atoms with Crippen molar-refractivity contribution in [2.75, 3.05) is 32.1 Å². The molecule has 1 rings (SSSR count). The van der Waals surface area contributed by atoms with Crippen LogP contribution in [0.2, 0.25) is 0 Å². The molecule has 0 radical (unpaired) electrons. The molecule has 1 aromatic rings. The highest BCUT2D eigenvalue weighted by molar-refractivity contribution is 6.01. The Bertz CT molecular complexity index is 542. The minimum Gasteiger partial charge on any atom is -0.396 e. The summed E-state index contributed by atoms with van der Waals surface area (Å²) in [6.07, 6.45) is 1.55. The third-order valence-corrected chi connectivity index (χ3v) is 3.01.